The van der Waals surface area contributed by atoms with Crippen molar-refractivity contribution in [2.45, 2.75) is 52.4 Å². The number of nitrogens with one attached hydrogen (secondary N) is 2. The van der Waals surface area contributed by atoms with E-state index in [-0.39, 0.29) is 16.7 Å². The van der Waals surface area contributed by atoms with Crippen molar-refractivity contribution in [2.75, 3.05) is 37.7 Å². The first kappa shape index (κ1) is 33.7. The van der Waals surface area contributed by atoms with E-state index in [0.717, 1.165) is 32.3 Å². The molecule has 11 heteroatoms. The molecule has 0 radical (unpaired) electrons. The lowest BCUT2D eigenvalue weighted by molar-refractivity contribution is 0.102. The Bertz CT molecular complexity index is 1860. The summed E-state index contributed by atoms with van der Waals surface area (Å²) in [4.78, 5) is 23.7. The van der Waals surface area contributed by atoms with Gasteiger partial charge in [0.25, 0.3) is 5.91 Å². The minimum Gasteiger partial charge on any atom is -0.493 e. The number of nitrogens with two attached hydrogens (primary N) is 1. The smallest absolute Gasteiger partial charge is 0.255 e. The molecule has 0 aliphatic rings. The van der Waals surface area contributed by atoms with Crippen LogP contribution in [0.2, 0.25) is 0 Å². The number of nitrogens with zero attached hydrogens (tertiary/aromatic N) is 2. The van der Waals surface area contributed by atoms with Crippen molar-refractivity contribution in [2.24, 2.45) is 0 Å². The van der Waals surface area contributed by atoms with Gasteiger partial charge in [-0.1, -0.05) is 71.1 Å². The first-order chi connectivity index (χ1) is 22.2. The lowest BCUT2D eigenvalue weighted by atomic mass is 9.79. The minimum absolute atomic E-state index is 0.0897. The number of hydrogen-bond acceptors (Lipinski definition) is 10. The molecule has 9 nitrogen and oxygen atoms in total. The third kappa shape index (κ3) is 7.52. The third-order valence-electron chi connectivity index (χ3n) is 7.61. The molecule has 246 valence electrons. The van der Waals surface area contributed by atoms with Crippen LogP contribution in [-0.4, -0.2) is 37.2 Å². The Balaban J connectivity index is 1.36. The van der Waals surface area contributed by atoms with Gasteiger partial charge in [-0.15, -0.1) is 11.3 Å². The number of carbonyl (C=O) groups is 1. The highest BCUT2D eigenvalue weighted by Gasteiger charge is 2.23. The fourth-order valence-electron chi connectivity index (χ4n) is 4.91. The number of carbonyl (C=O) groups excluding carboxylic acids is 1. The van der Waals surface area contributed by atoms with Gasteiger partial charge in [0.05, 0.1) is 27.0 Å². The van der Waals surface area contributed by atoms with Crippen molar-refractivity contribution >= 4 is 50.9 Å². The number of nitrogen functional groups attached to an aromatic ring is 1. The van der Waals surface area contributed by atoms with Crippen LogP contribution in [0.3, 0.4) is 0 Å². The molecule has 0 bridgehead atoms. The van der Waals surface area contributed by atoms with Crippen LogP contribution >= 0.6 is 22.7 Å². The Morgan fingerprint density at radius 3 is 2.02 bits per heavy atom. The first-order valence-corrected chi connectivity index (χ1v) is 16.8. The van der Waals surface area contributed by atoms with Gasteiger partial charge in [0.2, 0.25) is 5.75 Å². The predicted molar refractivity (Wildman–Crippen MR) is 194 cm³/mol. The lowest BCUT2D eigenvalue weighted by Crippen LogP contribution is -2.20. The summed E-state index contributed by atoms with van der Waals surface area (Å²) in [7, 11) is 4.70. The van der Waals surface area contributed by atoms with Crippen LogP contribution in [0.25, 0.3) is 21.1 Å². The number of benzene rings is 3. The van der Waals surface area contributed by atoms with Crippen LogP contribution < -0.4 is 30.6 Å². The lowest BCUT2D eigenvalue weighted by Gasteiger charge is -2.26. The van der Waals surface area contributed by atoms with Gasteiger partial charge >= 0.3 is 0 Å². The number of thiazole rings is 2. The van der Waals surface area contributed by atoms with Crippen molar-refractivity contribution < 1.29 is 19.0 Å². The second-order valence-electron chi connectivity index (χ2n) is 13.1. The highest BCUT2D eigenvalue weighted by Crippen LogP contribution is 2.43. The van der Waals surface area contributed by atoms with Crippen molar-refractivity contribution in [1.29, 1.82) is 0 Å². The molecule has 4 N–H and O–H groups in total. The largest absolute Gasteiger partial charge is 0.493 e. The highest BCUT2D eigenvalue weighted by atomic mass is 32.1. The van der Waals surface area contributed by atoms with Gasteiger partial charge in [-0.2, -0.15) is 0 Å². The Morgan fingerprint density at radius 2 is 1.45 bits per heavy atom. The summed E-state index contributed by atoms with van der Waals surface area (Å²) in [6.07, 6.45) is 0. The summed E-state index contributed by atoms with van der Waals surface area (Å²) < 4.78 is 16.4. The van der Waals surface area contributed by atoms with Crippen LogP contribution in [0.1, 0.15) is 63.0 Å². The van der Waals surface area contributed by atoms with Crippen molar-refractivity contribution in [3.05, 3.63) is 76.7 Å². The molecule has 0 fully saturated rings. The molecule has 5 aromatic rings. The maximum Gasteiger partial charge on any atom is 0.255 e. The summed E-state index contributed by atoms with van der Waals surface area (Å²) in [6.45, 7) is 13.0. The second kappa shape index (κ2) is 13.2. The second-order valence-corrected chi connectivity index (χ2v) is 15.0. The van der Waals surface area contributed by atoms with Crippen molar-refractivity contribution in [3.63, 3.8) is 0 Å². The molecule has 0 atom stereocenters. The molecule has 5 rings (SSSR count). The zero-order valence-electron chi connectivity index (χ0n) is 28.2. The zero-order valence-corrected chi connectivity index (χ0v) is 29.8. The van der Waals surface area contributed by atoms with E-state index in [0.29, 0.717) is 45.1 Å². The van der Waals surface area contributed by atoms with Gasteiger partial charge in [0.1, 0.15) is 15.7 Å². The van der Waals surface area contributed by atoms with E-state index >= 15 is 0 Å². The summed E-state index contributed by atoms with van der Waals surface area (Å²) in [5, 5.41) is 9.70. The SMILES string of the molecule is COc1cc(Nc2nc(N)c(-c3nc(-c4cccc(NC(=O)c5cc(C(C)(C)C)cc(C(C)(C)C)c5)c4)cs3)s2)cc(OC)c1OC. The summed E-state index contributed by atoms with van der Waals surface area (Å²) in [5.74, 6) is 1.77. The molecule has 2 heterocycles. The Morgan fingerprint density at radius 1 is 0.809 bits per heavy atom. The van der Waals surface area contributed by atoms with Gasteiger partial charge in [-0.3, -0.25) is 4.79 Å². The fourth-order valence-corrected chi connectivity index (χ4v) is 6.74. The summed E-state index contributed by atoms with van der Waals surface area (Å²) in [5.41, 5.74) is 12.1. The molecule has 3 aromatic carbocycles. The van der Waals surface area contributed by atoms with Gasteiger partial charge < -0.3 is 30.6 Å². The maximum absolute atomic E-state index is 13.5. The number of ether oxygens (including phenoxy) is 3. The Kier molecular flexibility index (Phi) is 9.51. The Hall–Kier alpha value is -4.61. The van der Waals surface area contributed by atoms with Crippen LogP contribution in [0.4, 0.5) is 22.3 Å². The summed E-state index contributed by atoms with van der Waals surface area (Å²) in [6, 6.07) is 17.5. The molecule has 0 aliphatic carbocycles. The van der Waals surface area contributed by atoms with E-state index in [4.69, 9.17) is 24.9 Å². The highest BCUT2D eigenvalue weighted by molar-refractivity contribution is 7.23. The standard InChI is InChI=1S/C36H41N5O4S2/c1-35(2,3)22-13-21(14-23(16-22)36(4,5)6)32(42)38-24-12-10-11-20(15-24)26-19-46-33(40-26)30-31(37)41-34(47-30)39-25-17-27(43-7)29(45-9)28(18-25)44-8/h10-19H,37H2,1-9H3,(H,38,42)(H,39,41). The van der Waals surface area contributed by atoms with Gasteiger partial charge in [0, 0.05) is 40.0 Å². The predicted octanol–water partition coefficient (Wildman–Crippen LogP) is 9.13. The zero-order chi connectivity index (χ0) is 34.1. The summed E-state index contributed by atoms with van der Waals surface area (Å²) >= 11 is 2.88. The van der Waals surface area contributed by atoms with Gasteiger partial charge in [-0.05, 0) is 46.2 Å². The number of aromatic nitrogens is 2. The average molecular weight is 672 g/mol. The van der Waals surface area contributed by atoms with E-state index in [9.17, 15) is 4.79 Å². The molecule has 0 spiro atoms. The Labute approximate surface area is 284 Å². The minimum atomic E-state index is -0.151. The van der Waals surface area contributed by atoms with E-state index in [1.165, 1.54) is 22.7 Å². The first-order valence-electron chi connectivity index (χ1n) is 15.1. The van der Waals surface area contributed by atoms with Gasteiger partial charge in [0.15, 0.2) is 16.6 Å². The van der Waals surface area contributed by atoms with E-state index in [1.54, 1.807) is 33.5 Å². The normalized spacial score (nSPS) is 11.7. The third-order valence-corrected chi connectivity index (χ3v) is 9.59. The maximum atomic E-state index is 13.5. The van der Waals surface area contributed by atoms with Crippen LogP contribution in [0.15, 0.2) is 60.0 Å². The van der Waals surface area contributed by atoms with Crippen LogP contribution in [-0.2, 0) is 10.8 Å². The average Bonchev–Trinajstić information content (AvgIpc) is 3.66. The number of amides is 1. The molecule has 0 saturated carbocycles. The molecular formula is C36H41N5O4S2. The van der Waals surface area contributed by atoms with Crippen LogP contribution in [0, 0.1) is 0 Å². The van der Waals surface area contributed by atoms with E-state index in [2.05, 4.69) is 63.2 Å². The van der Waals surface area contributed by atoms with Crippen LogP contribution in [0.5, 0.6) is 17.2 Å². The molecule has 47 heavy (non-hydrogen) atoms. The number of anilines is 4. The number of methoxy groups -OCH3 is 3. The molecule has 0 aliphatic heterocycles. The molecule has 1 amide bonds. The molecule has 0 unspecified atom stereocenters. The van der Waals surface area contributed by atoms with E-state index in [1.807, 2.05) is 41.8 Å². The van der Waals surface area contributed by atoms with Crippen molar-refractivity contribution in [1.82, 2.24) is 9.97 Å². The van der Waals surface area contributed by atoms with Gasteiger partial charge in [-0.25, -0.2) is 9.97 Å². The monoisotopic (exact) mass is 671 g/mol. The molecule has 2 aromatic heterocycles. The van der Waals surface area contributed by atoms with Crippen molar-refractivity contribution in [3.8, 4) is 38.4 Å². The number of rotatable bonds is 9. The van der Waals surface area contributed by atoms with E-state index < -0.39 is 0 Å². The quantitative estimate of drug-likeness (QED) is 0.142. The topological polar surface area (TPSA) is 121 Å². The molecule has 0 saturated heterocycles. The molecular weight excluding hydrogens is 631 g/mol. The number of hydrogen-bond donors (Lipinski definition) is 3. The fraction of sp³-hybridized carbons (Fsp3) is 0.306.